The van der Waals surface area contributed by atoms with E-state index in [0.717, 1.165) is 37.7 Å². The molecule has 0 radical (unpaired) electrons. The van der Waals surface area contributed by atoms with Crippen LogP contribution in [0, 0.1) is 5.92 Å². The molecule has 3 saturated heterocycles. The molecule has 0 unspecified atom stereocenters. The number of fused-ring (bicyclic) bond motifs is 4. The molecular weight excluding hydrogens is 312 g/mol. The van der Waals surface area contributed by atoms with E-state index in [0.29, 0.717) is 12.0 Å². The SMILES string of the molecule is CCCCc1ncc(CN2C[C@H]3CC[C@@H]2CN(c2cnccn2)C3)[nH]1. The molecule has 5 heterocycles. The highest BCUT2D eigenvalue weighted by molar-refractivity contribution is 5.36. The second-order valence-corrected chi connectivity index (χ2v) is 7.45. The lowest BCUT2D eigenvalue weighted by Crippen LogP contribution is -2.43. The van der Waals surface area contributed by atoms with Gasteiger partial charge < -0.3 is 9.88 Å². The fraction of sp³-hybridized carbons (Fsp3) is 0.632. The Hall–Kier alpha value is -1.95. The first kappa shape index (κ1) is 16.5. The summed E-state index contributed by atoms with van der Waals surface area (Å²) in [6.07, 6.45) is 13.5. The molecule has 25 heavy (non-hydrogen) atoms. The van der Waals surface area contributed by atoms with Crippen LogP contribution in [0.5, 0.6) is 0 Å². The van der Waals surface area contributed by atoms with Gasteiger partial charge in [-0.1, -0.05) is 13.3 Å². The summed E-state index contributed by atoms with van der Waals surface area (Å²) in [5.41, 5.74) is 1.25. The standard InChI is InChI=1S/C19H28N6/c1-2-3-4-18-22-9-16(23-18)13-24-11-15-5-6-17(24)14-25(12-15)19-10-20-7-8-21-19/h7-10,15,17H,2-6,11-14H2,1H3,(H,22,23)/t15-,17-/m1/s1. The zero-order valence-electron chi connectivity index (χ0n) is 15.1. The Balaban J connectivity index is 1.43. The van der Waals surface area contributed by atoms with Crippen LogP contribution in [0.15, 0.2) is 24.8 Å². The molecule has 134 valence electrons. The lowest BCUT2D eigenvalue weighted by Gasteiger charge is -2.35. The van der Waals surface area contributed by atoms with E-state index in [1.807, 2.05) is 12.4 Å². The molecule has 1 N–H and O–H groups in total. The number of unbranched alkanes of at least 4 members (excludes halogenated alkanes) is 1. The van der Waals surface area contributed by atoms with Crippen molar-refractivity contribution in [1.82, 2.24) is 24.8 Å². The van der Waals surface area contributed by atoms with Gasteiger partial charge in [0, 0.05) is 62.9 Å². The molecule has 6 nitrogen and oxygen atoms in total. The largest absolute Gasteiger partial charge is 0.353 e. The average molecular weight is 340 g/mol. The molecule has 3 aliphatic rings. The first-order valence-corrected chi connectivity index (χ1v) is 9.59. The number of imidazole rings is 1. The normalized spacial score (nSPS) is 23.8. The molecule has 0 aliphatic carbocycles. The van der Waals surface area contributed by atoms with Crippen LogP contribution >= 0.6 is 0 Å². The van der Waals surface area contributed by atoms with Gasteiger partial charge in [-0.25, -0.2) is 9.97 Å². The van der Waals surface area contributed by atoms with Crippen molar-refractivity contribution in [2.24, 2.45) is 5.92 Å². The summed E-state index contributed by atoms with van der Waals surface area (Å²) < 4.78 is 0. The molecule has 2 bridgehead atoms. The van der Waals surface area contributed by atoms with Crippen LogP contribution in [-0.2, 0) is 13.0 Å². The van der Waals surface area contributed by atoms with Gasteiger partial charge in [0.15, 0.2) is 0 Å². The van der Waals surface area contributed by atoms with Crippen LogP contribution in [0.2, 0.25) is 0 Å². The third-order valence-corrected chi connectivity index (χ3v) is 5.52. The molecule has 3 fully saturated rings. The lowest BCUT2D eigenvalue weighted by molar-refractivity contribution is 0.125. The minimum atomic E-state index is 0.586. The Labute approximate surface area is 149 Å². The number of aryl methyl sites for hydroxylation is 1. The highest BCUT2D eigenvalue weighted by Crippen LogP contribution is 2.30. The van der Waals surface area contributed by atoms with E-state index >= 15 is 0 Å². The molecule has 6 heteroatoms. The second-order valence-electron chi connectivity index (χ2n) is 7.45. The molecule has 0 spiro atoms. The van der Waals surface area contributed by atoms with Crippen LogP contribution in [0.1, 0.15) is 44.1 Å². The van der Waals surface area contributed by atoms with E-state index in [4.69, 9.17) is 0 Å². The number of hydrogen-bond acceptors (Lipinski definition) is 5. The Bertz CT molecular complexity index is 670. The quantitative estimate of drug-likeness (QED) is 0.876. The van der Waals surface area contributed by atoms with Crippen LogP contribution in [0.25, 0.3) is 0 Å². The summed E-state index contributed by atoms with van der Waals surface area (Å²) in [6.45, 7) is 6.52. The van der Waals surface area contributed by atoms with Crippen molar-refractivity contribution in [2.45, 2.75) is 51.6 Å². The predicted molar refractivity (Wildman–Crippen MR) is 98.4 cm³/mol. The van der Waals surface area contributed by atoms with Crippen molar-refractivity contribution < 1.29 is 0 Å². The minimum absolute atomic E-state index is 0.586. The maximum Gasteiger partial charge on any atom is 0.147 e. The third-order valence-electron chi connectivity index (χ3n) is 5.52. The zero-order valence-corrected chi connectivity index (χ0v) is 15.1. The number of nitrogens with one attached hydrogen (secondary N) is 1. The van der Waals surface area contributed by atoms with Crippen LogP contribution in [0.4, 0.5) is 5.82 Å². The van der Waals surface area contributed by atoms with Gasteiger partial charge in [0.1, 0.15) is 11.6 Å². The second kappa shape index (κ2) is 7.52. The summed E-state index contributed by atoms with van der Waals surface area (Å²) in [5.74, 6) is 2.87. The third kappa shape index (κ3) is 3.84. The molecule has 2 aromatic rings. The molecule has 0 aromatic carbocycles. The topological polar surface area (TPSA) is 60.9 Å². The summed E-state index contributed by atoms with van der Waals surface area (Å²) in [4.78, 5) is 21.9. The van der Waals surface area contributed by atoms with Crippen LogP contribution in [0.3, 0.4) is 0 Å². The van der Waals surface area contributed by atoms with E-state index in [-0.39, 0.29) is 0 Å². The Morgan fingerprint density at radius 3 is 2.92 bits per heavy atom. The molecule has 0 amide bonds. The minimum Gasteiger partial charge on any atom is -0.353 e. The smallest absolute Gasteiger partial charge is 0.147 e. The van der Waals surface area contributed by atoms with Gasteiger partial charge in [0.2, 0.25) is 0 Å². The monoisotopic (exact) mass is 340 g/mol. The summed E-state index contributed by atoms with van der Waals surface area (Å²) in [6, 6.07) is 0.586. The number of H-pyrrole nitrogens is 1. The van der Waals surface area contributed by atoms with Gasteiger partial charge in [0.25, 0.3) is 0 Å². The Morgan fingerprint density at radius 2 is 2.08 bits per heavy atom. The van der Waals surface area contributed by atoms with Crippen molar-refractivity contribution in [3.63, 3.8) is 0 Å². The number of anilines is 1. The molecule has 3 aliphatic heterocycles. The molecular formula is C19H28N6. The summed E-state index contributed by atoms with van der Waals surface area (Å²) in [7, 11) is 0. The van der Waals surface area contributed by atoms with Gasteiger partial charge in [-0.15, -0.1) is 0 Å². The van der Waals surface area contributed by atoms with Gasteiger partial charge in [-0.05, 0) is 25.2 Å². The zero-order chi connectivity index (χ0) is 17.1. The number of piperidine rings is 1. The summed E-state index contributed by atoms with van der Waals surface area (Å²) >= 11 is 0. The highest BCUT2D eigenvalue weighted by atomic mass is 15.3. The first-order valence-electron chi connectivity index (χ1n) is 9.59. The Kier molecular flexibility index (Phi) is 4.97. The fourth-order valence-corrected chi connectivity index (χ4v) is 4.19. The summed E-state index contributed by atoms with van der Waals surface area (Å²) in [5, 5.41) is 0. The maximum absolute atomic E-state index is 4.56. The fourth-order valence-electron chi connectivity index (χ4n) is 4.19. The predicted octanol–water partition coefficient (Wildman–Crippen LogP) is 2.64. The Morgan fingerprint density at radius 1 is 1.12 bits per heavy atom. The van der Waals surface area contributed by atoms with Crippen molar-refractivity contribution in [2.75, 3.05) is 24.5 Å². The molecule has 0 saturated carbocycles. The van der Waals surface area contributed by atoms with Gasteiger partial charge in [-0.3, -0.25) is 9.88 Å². The van der Waals surface area contributed by atoms with Gasteiger partial charge >= 0.3 is 0 Å². The average Bonchev–Trinajstić information content (AvgIpc) is 2.89. The van der Waals surface area contributed by atoms with Crippen LogP contribution in [-0.4, -0.2) is 50.5 Å². The molecule has 2 atom stereocenters. The van der Waals surface area contributed by atoms with E-state index in [9.17, 15) is 0 Å². The van der Waals surface area contributed by atoms with E-state index in [1.165, 1.54) is 37.9 Å². The van der Waals surface area contributed by atoms with Gasteiger partial charge in [0.05, 0.1) is 6.20 Å². The van der Waals surface area contributed by atoms with Crippen molar-refractivity contribution >= 4 is 5.82 Å². The number of nitrogens with zero attached hydrogens (tertiary/aromatic N) is 5. The molecule has 2 aromatic heterocycles. The highest BCUT2D eigenvalue weighted by Gasteiger charge is 2.35. The number of aromatic nitrogens is 4. The lowest BCUT2D eigenvalue weighted by atomic mass is 9.95. The van der Waals surface area contributed by atoms with Crippen molar-refractivity contribution in [1.29, 1.82) is 0 Å². The number of rotatable bonds is 6. The molecule has 5 rings (SSSR count). The van der Waals surface area contributed by atoms with Gasteiger partial charge in [-0.2, -0.15) is 0 Å². The number of aromatic amines is 1. The van der Waals surface area contributed by atoms with E-state index in [1.54, 1.807) is 12.4 Å². The van der Waals surface area contributed by atoms with E-state index < -0.39 is 0 Å². The maximum atomic E-state index is 4.56. The van der Waals surface area contributed by atoms with Crippen molar-refractivity contribution in [3.8, 4) is 0 Å². The first-order chi connectivity index (χ1) is 12.3. The van der Waals surface area contributed by atoms with Crippen LogP contribution < -0.4 is 4.90 Å². The number of hydrogen-bond donors (Lipinski definition) is 1. The van der Waals surface area contributed by atoms with E-state index in [2.05, 4.69) is 36.7 Å². The van der Waals surface area contributed by atoms with Crippen molar-refractivity contribution in [3.05, 3.63) is 36.3 Å².